The molecule has 0 aliphatic heterocycles. The normalized spacial score (nSPS) is 23.1. The molecule has 0 spiro atoms. The first-order valence-electron chi connectivity index (χ1n) is 5.53. The van der Waals surface area contributed by atoms with Crippen LogP contribution in [0.5, 0.6) is 0 Å². The van der Waals surface area contributed by atoms with Gasteiger partial charge < -0.3 is 4.74 Å². The Hall–Kier alpha value is -0.350. The van der Waals surface area contributed by atoms with Gasteiger partial charge in [-0.25, -0.2) is 0 Å². The molecule has 16 heavy (non-hydrogen) atoms. The molecule has 0 radical (unpaired) electrons. The fourth-order valence-electron chi connectivity index (χ4n) is 1.61. The van der Waals surface area contributed by atoms with Crippen molar-refractivity contribution in [3.8, 4) is 0 Å². The van der Waals surface area contributed by atoms with Crippen molar-refractivity contribution in [1.82, 2.24) is 0 Å². The Balaban J connectivity index is 1.63. The van der Waals surface area contributed by atoms with Crippen molar-refractivity contribution in [3.63, 3.8) is 0 Å². The van der Waals surface area contributed by atoms with Crippen LogP contribution in [0.25, 0.3) is 0 Å². The van der Waals surface area contributed by atoms with E-state index in [-0.39, 0.29) is 5.97 Å². The molecule has 88 valence electrons. The molecule has 2 atom stereocenters. The second-order valence-electron chi connectivity index (χ2n) is 4.39. The van der Waals surface area contributed by atoms with E-state index in [0.717, 1.165) is 16.8 Å². The fourth-order valence-corrected chi connectivity index (χ4v) is 3.07. The molecule has 0 bridgehead atoms. The minimum Gasteiger partial charge on any atom is -0.465 e. The summed E-state index contributed by atoms with van der Waals surface area (Å²) < 4.78 is 6.31. The highest BCUT2D eigenvalue weighted by molar-refractivity contribution is 9.10. The van der Waals surface area contributed by atoms with Gasteiger partial charge in [0.15, 0.2) is 0 Å². The zero-order chi connectivity index (χ0) is 11.5. The van der Waals surface area contributed by atoms with Crippen LogP contribution in [0.15, 0.2) is 15.9 Å². The molecule has 1 aliphatic carbocycles. The van der Waals surface area contributed by atoms with Crippen molar-refractivity contribution in [2.45, 2.75) is 26.2 Å². The van der Waals surface area contributed by atoms with Gasteiger partial charge in [-0.1, -0.05) is 6.92 Å². The Morgan fingerprint density at radius 3 is 3.00 bits per heavy atom. The molecule has 1 aliphatic rings. The van der Waals surface area contributed by atoms with Gasteiger partial charge in [-0.15, -0.1) is 11.3 Å². The van der Waals surface area contributed by atoms with Gasteiger partial charge in [-0.05, 0) is 46.7 Å². The third-order valence-corrected chi connectivity index (χ3v) is 4.69. The van der Waals surface area contributed by atoms with E-state index in [0.29, 0.717) is 18.9 Å². The lowest BCUT2D eigenvalue weighted by Crippen LogP contribution is -2.08. The zero-order valence-corrected chi connectivity index (χ0v) is 11.6. The lowest BCUT2D eigenvalue weighted by atomic mass is 10.3. The van der Waals surface area contributed by atoms with Gasteiger partial charge in [0.25, 0.3) is 0 Å². The standard InChI is InChI=1S/C12H15BrO2S/c1-8-4-9(8)6-15-12(14)3-2-11-5-10(13)7-16-11/h5,7-9H,2-4,6H2,1H3. The van der Waals surface area contributed by atoms with Gasteiger partial charge in [-0.2, -0.15) is 0 Å². The van der Waals surface area contributed by atoms with Crippen LogP contribution in [-0.4, -0.2) is 12.6 Å². The number of hydrogen-bond acceptors (Lipinski definition) is 3. The predicted octanol–water partition coefficient (Wildman–Crippen LogP) is 3.64. The van der Waals surface area contributed by atoms with E-state index in [1.807, 2.05) is 5.38 Å². The van der Waals surface area contributed by atoms with Crippen molar-refractivity contribution in [2.75, 3.05) is 6.61 Å². The second kappa shape index (κ2) is 5.32. The molecular weight excluding hydrogens is 288 g/mol. The Morgan fingerprint density at radius 2 is 2.44 bits per heavy atom. The van der Waals surface area contributed by atoms with Crippen LogP contribution in [-0.2, 0) is 16.0 Å². The minimum atomic E-state index is -0.0661. The molecule has 4 heteroatoms. The summed E-state index contributed by atoms with van der Waals surface area (Å²) in [6, 6.07) is 2.06. The van der Waals surface area contributed by atoms with E-state index in [4.69, 9.17) is 4.74 Å². The molecule has 2 rings (SSSR count). The monoisotopic (exact) mass is 302 g/mol. The maximum atomic E-state index is 11.4. The Labute approximate surface area is 108 Å². The Kier molecular flexibility index (Phi) is 4.03. The summed E-state index contributed by atoms with van der Waals surface area (Å²) in [4.78, 5) is 12.7. The van der Waals surface area contributed by atoms with Gasteiger partial charge in [0.05, 0.1) is 13.0 Å². The molecule has 1 aromatic rings. The van der Waals surface area contributed by atoms with Gasteiger partial charge in [0, 0.05) is 14.7 Å². The number of hydrogen-bond donors (Lipinski definition) is 0. The average Bonchev–Trinajstić information content (AvgIpc) is 2.79. The quantitative estimate of drug-likeness (QED) is 0.776. The number of thiophene rings is 1. The zero-order valence-electron chi connectivity index (χ0n) is 9.24. The van der Waals surface area contributed by atoms with Crippen LogP contribution in [0.4, 0.5) is 0 Å². The highest BCUT2D eigenvalue weighted by atomic mass is 79.9. The summed E-state index contributed by atoms with van der Waals surface area (Å²) in [6.45, 7) is 2.82. The molecular formula is C12H15BrO2S. The number of ether oxygens (including phenoxy) is 1. The highest BCUT2D eigenvalue weighted by Crippen LogP contribution is 2.37. The van der Waals surface area contributed by atoms with Crippen LogP contribution in [0, 0.1) is 11.8 Å². The smallest absolute Gasteiger partial charge is 0.306 e. The number of halogens is 1. The molecule has 0 amide bonds. The summed E-state index contributed by atoms with van der Waals surface area (Å²) in [5.74, 6) is 1.31. The summed E-state index contributed by atoms with van der Waals surface area (Å²) in [5, 5.41) is 2.03. The van der Waals surface area contributed by atoms with Gasteiger partial charge in [0.1, 0.15) is 0 Å². The number of esters is 1. The molecule has 2 nitrogen and oxygen atoms in total. The third kappa shape index (κ3) is 3.59. The summed E-state index contributed by atoms with van der Waals surface area (Å²) >= 11 is 5.07. The first-order chi connectivity index (χ1) is 7.65. The Morgan fingerprint density at radius 1 is 1.69 bits per heavy atom. The molecule has 1 saturated carbocycles. The number of aryl methyl sites for hydroxylation is 1. The second-order valence-corrected chi connectivity index (χ2v) is 6.30. The summed E-state index contributed by atoms with van der Waals surface area (Å²) in [5.41, 5.74) is 0. The lowest BCUT2D eigenvalue weighted by Gasteiger charge is -2.02. The third-order valence-electron chi connectivity index (χ3n) is 2.93. The summed E-state index contributed by atoms with van der Waals surface area (Å²) in [7, 11) is 0. The van der Waals surface area contributed by atoms with E-state index >= 15 is 0 Å². The van der Waals surface area contributed by atoms with Crippen LogP contribution in [0.1, 0.15) is 24.6 Å². The van der Waals surface area contributed by atoms with Crippen molar-refractivity contribution in [3.05, 3.63) is 20.8 Å². The average molecular weight is 303 g/mol. The molecule has 1 heterocycles. The van der Waals surface area contributed by atoms with E-state index in [1.54, 1.807) is 11.3 Å². The molecule has 2 unspecified atom stereocenters. The largest absolute Gasteiger partial charge is 0.465 e. The van der Waals surface area contributed by atoms with E-state index in [1.165, 1.54) is 11.3 Å². The molecule has 1 aromatic heterocycles. The molecule has 0 saturated heterocycles. The van der Waals surface area contributed by atoms with Crippen molar-refractivity contribution < 1.29 is 9.53 Å². The topological polar surface area (TPSA) is 26.3 Å². The predicted molar refractivity (Wildman–Crippen MR) is 68.6 cm³/mol. The van der Waals surface area contributed by atoms with Gasteiger partial charge in [-0.3, -0.25) is 4.79 Å². The molecule has 0 N–H and O–H groups in total. The van der Waals surface area contributed by atoms with Crippen molar-refractivity contribution >= 4 is 33.2 Å². The summed E-state index contributed by atoms with van der Waals surface area (Å²) in [6.07, 6.45) is 2.49. The van der Waals surface area contributed by atoms with Gasteiger partial charge in [0.2, 0.25) is 0 Å². The van der Waals surface area contributed by atoms with Crippen molar-refractivity contribution in [1.29, 1.82) is 0 Å². The number of carbonyl (C=O) groups excluding carboxylic acids is 1. The van der Waals surface area contributed by atoms with E-state index in [9.17, 15) is 4.79 Å². The van der Waals surface area contributed by atoms with Crippen LogP contribution in [0.3, 0.4) is 0 Å². The SMILES string of the molecule is CC1CC1COC(=O)CCc1cc(Br)cs1. The number of carbonyl (C=O) groups is 1. The van der Waals surface area contributed by atoms with Gasteiger partial charge >= 0.3 is 5.97 Å². The lowest BCUT2D eigenvalue weighted by molar-refractivity contribution is -0.144. The first-order valence-corrected chi connectivity index (χ1v) is 7.21. The highest BCUT2D eigenvalue weighted by Gasteiger charge is 2.33. The minimum absolute atomic E-state index is 0.0661. The first kappa shape index (κ1) is 12.1. The maximum absolute atomic E-state index is 11.4. The maximum Gasteiger partial charge on any atom is 0.306 e. The molecule has 0 aromatic carbocycles. The van der Waals surface area contributed by atoms with E-state index in [2.05, 4.69) is 28.9 Å². The van der Waals surface area contributed by atoms with Crippen LogP contribution < -0.4 is 0 Å². The van der Waals surface area contributed by atoms with Crippen LogP contribution >= 0.6 is 27.3 Å². The fraction of sp³-hybridized carbons (Fsp3) is 0.583. The number of rotatable bonds is 5. The van der Waals surface area contributed by atoms with E-state index < -0.39 is 0 Å². The van der Waals surface area contributed by atoms with Crippen molar-refractivity contribution in [2.24, 2.45) is 11.8 Å². The Bertz CT molecular complexity index is 375. The molecule has 1 fully saturated rings. The van der Waals surface area contributed by atoms with Crippen LogP contribution in [0.2, 0.25) is 0 Å².